The van der Waals surface area contributed by atoms with Gasteiger partial charge in [0.05, 0.1) is 0 Å². The quantitative estimate of drug-likeness (QED) is 0.335. The molecule has 0 bridgehead atoms. The zero-order chi connectivity index (χ0) is 20.6. The fraction of sp³-hybridized carbons (Fsp3) is 0.393. The van der Waals surface area contributed by atoms with Gasteiger partial charge in [-0.15, -0.1) is 46.2 Å². The number of benzene rings is 2. The van der Waals surface area contributed by atoms with Gasteiger partial charge in [0.25, 0.3) is 0 Å². The van der Waals surface area contributed by atoms with Gasteiger partial charge in [0, 0.05) is 0 Å². The van der Waals surface area contributed by atoms with Crippen LogP contribution in [0.25, 0.3) is 21.5 Å². The van der Waals surface area contributed by atoms with Crippen molar-refractivity contribution in [3.63, 3.8) is 0 Å². The molecule has 0 saturated heterocycles. The summed E-state index contributed by atoms with van der Waals surface area (Å²) in [6, 6.07) is 19.3. The SMILES string of the molecule is [C-]1=CC=CC1.[Cl-].[Cl-].[Zr+2]=[Si](C1CCCC1)C1CCCC1.c1ccc2c(c1)[cH-]c1ccccc12. The fourth-order valence-electron chi connectivity index (χ4n) is 5.05. The second-order valence-electron chi connectivity index (χ2n) is 8.74. The summed E-state index contributed by atoms with van der Waals surface area (Å²) < 4.78 is 0. The van der Waals surface area contributed by atoms with Crippen molar-refractivity contribution in [2.24, 2.45) is 0 Å². The van der Waals surface area contributed by atoms with Crippen molar-refractivity contribution in [2.45, 2.75) is 68.9 Å². The third kappa shape index (κ3) is 7.49. The first kappa shape index (κ1) is 27.7. The summed E-state index contributed by atoms with van der Waals surface area (Å²) in [7, 11) is 0. The average molecular weight is 559 g/mol. The predicted octanol–water partition coefficient (Wildman–Crippen LogP) is 2.44. The number of fused-ring (bicyclic) bond motifs is 3. The van der Waals surface area contributed by atoms with E-state index in [2.05, 4.69) is 66.7 Å². The van der Waals surface area contributed by atoms with Gasteiger partial charge in [0.2, 0.25) is 0 Å². The van der Waals surface area contributed by atoms with Crippen molar-refractivity contribution in [3.05, 3.63) is 78.9 Å². The van der Waals surface area contributed by atoms with Crippen LogP contribution in [0.1, 0.15) is 57.8 Å². The van der Waals surface area contributed by atoms with Gasteiger partial charge in [-0.2, -0.15) is 6.08 Å². The molecule has 0 N–H and O–H groups in total. The largest absolute Gasteiger partial charge is 0.126 e. The second kappa shape index (κ2) is 14.7. The summed E-state index contributed by atoms with van der Waals surface area (Å²) in [5, 5.41) is 5.39. The Bertz CT molecular complexity index is 946. The van der Waals surface area contributed by atoms with Gasteiger partial charge in [0.1, 0.15) is 0 Å². The van der Waals surface area contributed by atoms with Crippen LogP contribution < -0.4 is 24.8 Å². The van der Waals surface area contributed by atoms with Gasteiger partial charge in [-0.1, -0.05) is 36.4 Å². The Morgan fingerprint density at radius 2 is 1.22 bits per heavy atom. The number of hydrogen-bond acceptors (Lipinski definition) is 0. The van der Waals surface area contributed by atoms with Gasteiger partial charge in [-0.25, -0.2) is 12.2 Å². The molecule has 0 radical (unpaired) electrons. The summed E-state index contributed by atoms with van der Waals surface area (Å²) in [6.07, 6.45) is 22.7. The molecule has 3 aliphatic carbocycles. The Hall–Kier alpha value is -0.530. The smallest absolute Gasteiger partial charge is 0.0771 e. The van der Waals surface area contributed by atoms with E-state index in [1.807, 2.05) is 35.5 Å². The molecule has 3 aromatic carbocycles. The van der Waals surface area contributed by atoms with Crippen LogP contribution in [-0.2, 0) is 23.3 Å². The molecule has 0 heterocycles. The Balaban J connectivity index is 0.000000179. The van der Waals surface area contributed by atoms with Gasteiger partial charge in [-0.3, -0.25) is 6.08 Å². The van der Waals surface area contributed by atoms with Crippen molar-refractivity contribution < 1.29 is 48.1 Å². The second-order valence-corrected chi connectivity index (χ2v) is 15.5. The third-order valence-corrected chi connectivity index (χ3v) is 15.6. The van der Waals surface area contributed by atoms with Crippen molar-refractivity contribution in [3.8, 4) is 0 Å². The monoisotopic (exact) mass is 556 g/mol. The summed E-state index contributed by atoms with van der Waals surface area (Å²) in [5.74, 6) is 0. The first-order chi connectivity index (χ1) is 14.8. The minimum absolute atomic E-state index is 0. The molecule has 4 heteroatoms. The summed E-state index contributed by atoms with van der Waals surface area (Å²) in [4.78, 5) is 0. The molecule has 168 valence electrons. The Morgan fingerprint density at radius 1 is 0.750 bits per heavy atom. The van der Waals surface area contributed by atoms with Crippen LogP contribution in [0.3, 0.4) is 0 Å². The van der Waals surface area contributed by atoms with Gasteiger partial charge in [0.15, 0.2) is 0 Å². The molecule has 0 amide bonds. The van der Waals surface area contributed by atoms with Crippen molar-refractivity contribution in [2.75, 3.05) is 0 Å². The molecule has 2 fully saturated rings. The number of allylic oxidation sites excluding steroid dienone is 4. The normalized spacial score (nSPS) is 17.3. The van der Waals surface area contributed by atoms with Crippen molar-refractivity contribution in [1.82, 2.24) is 0 Å². The van der Waals surface area contributed by atoms with Gasteiger partial charge < -0.3 is 24.8 Å². The van der Waals surface area contributed by atoms with Gasteiger partial charge in [-0.05, 0) is 0 Å². The zero-order valence-corrected chi connectivity index (χ0v) is 23.7. The van der Waals surface area contributed by atoms with E-state index < -0.39 is 0 Å². The molecular formula is C28H32Cl2SiZr-2. The van der Waals surface area contributed by atoms with E-state index in [1.54, 1.807) is 51.4 Å². The van der Waals surface area contributed by atoms with Crippen LogP contribution in [0.4, 0.5) is 0 Å². The summed E-state index contributed by atoms with van der Waals surface area (Å²) in [5.41, 5.74) is 2.64. The van der Waals surface area contributed by atoms with E-state index in [1.165, 1.54) is 32.6 Å². The molecule has 0 spiro atoms. The molecule has 3 aromatic rings. The minimum atomic E-state index is 0. The van der Waals surface area contributed by atoms with Crippen LogP contribution in [0, 0.1) is 6.08 Å². The van der Waals surface area contributed by atoms with E-state index in [0.29, 0.717) is 0 Å². The molecule has 0 aromatic heterocycles. The molecule has 0 aliphatic heterocycles. The molecule has 2 saturated carbocycles. The van der Waals surface area contributed by atoms with Crippen LogP contribution in [0.5, 0.6) is 0 Å². The van der Waals surface area contributed by atoms with Crippen LogP contribution in [0.2, 0.25) is 11.1 Å². The van der Waals surface area contributed by atoms with Gasteiger partial charge >= 0.3 is 91.2 Å². The predicted molar refractivity (Wildman–Crippen MR) is 129 cm³/mol. The minimum Gasteiger partial charge on any atom is -0.126 e. The maximum atomic E-state index is 2.99. The fourth-order valence-corrected chi connectivity index (χ4v) is 12.0. The first-order valence-corrected chi connectivity index (χ1v) is 17.0. The third-order valence-electron chi connectivity index (χ3n) is 6.70. The number of hydrogen-bond donors (Lipinski definition) is 0. The Morgan fingerprint density at radius 3 is 1.59 bits per heavy atom. The number of rotatable bonds is 2. The molecule has 6 rings (SSSR count). The van der Waals surface area contributed by atoms with E-state index in [4.69, 9.17) is 0 Å². The first-order valence-electron chi connectivity index (χ1n) is 11.7. The Kier molecular flexibility index (Phi) is 12.7. The van der Waals surface area contributed by atoms with E-state index >= 15 is 0 Å². The van der Waals surface area contributed by atoms with E-state index in [0.717, 1.165) is 6.42 Å². The number of halogens is 2. The maximum absolute atomic E-state index is 2.99. The average Bonchev–Trinajstić information content (AvgIpc) is 3.61. The topological polar surface area (TPSA) is 0 Å². The maximum Gasteiger partial charge on any atom is -0.0771 e. The summed E-state index contributed by atoms with van der Waals surface area (Å²) in [6.45, 7) is 0. The van der Waals surface area contributed by atoms with Crippen molar-refractivity contribution >= 4 is 27.0 Å². The zero-order valence-electron chi connectivity index (χ0n) is 18.7. The van der Waals surface area contributed by atoms with E-state index in [9.17, 15) is 0 Å². The van der Waals surface area contributed by atoms with Crippen molar-refractivity contribution in [1.29, 1.82) is 0 Å². The van der Waals surface area contributed by atoms with Crippen LogP contribution in [0.15, 0.2) is 72.8 Å². The van der Waals surface area contributed by atoms with Crippen LogP contribution >= 0.6 is 0 Å². The molecule has 3 aliphatic rings. The Labute approximate surface area is 221 Å². The molecular weight excluding hydrogens is 527 g/mol. The van der Waals surface area contributed by atoms with E-state index in [-0.39, 0.29) is 30.2 Å². The summed E-state index contributed by atoms with van der Waals surface area (Å²) >= 11 is 1.94. The standard InChI is InChI=1S/C13H9.C10H18Si.C5H5.2ClH.Zr/c1-3-7-12-10(5-1)9-11-6-2-4-8-13(11)12;1-2-6-9(5-1)11-10-7-3-4-8-10;1-2-4-5-3-1;;;/h1-9H;9-10H,1-8H2;1-3H,4H2;2*1H;/q-1;;-1;;;+2/p-2. The molecule has 0 nitrogen and oxygen atoms in total. The molecule has 0 atom stereocenters. The van der Waals surface area contributed by atoms with Crippen LogP contribution in [-0.4, -0.2) is 5.43 Å². The molecule has 0 unspecified atom stereocenters. The molecule has 32 heavy (non-hydrogen) atoms.